The van der Waals surface area contributed by atoms with Crippen molar-refractivity contribution in [2.75, 3.05) is 0 Å². The number of hydrogen-bond donors (Lipinski definition) is 0. The van der Waals surface area contributed by atoms with E-state index in [9.17, 15) is 0 Å². The van der Waals surface area contributed by atoms with E-state index in [1.165, 1.54) is 16.7 Å². The third kappa shape index (κ3) is 0.893. The summed E-state index contributed by atoms with van der Waals surface area (Å²) in [6.07, 6.45) is 9.46. The number of nitrogens with zero attached hydrogens (tertiary/aromatic N) is 1. The molecule has 0 aromatic rings. The fourth-order valence-corrected chi connectivity index (χ4v) is 1.69. The van der Waals surface area contributed by atoms with Crippen LogP contribution in [0, 0.1) is 0 Å². The highest BCUT2D eigenvalue weighted by atomic mass is 14.8. The molecule has 0 aromatic heterocycles. The number of hydrogen-bond acceptors (Lipinski definition) is 1. The van der Waals surface area contributed by atoms with Crippen LogP contribution in [0.2, 0.25) is 0 Å². The smallest absolute Gasteiger partial charge is 0.0935 e. The van der Waals surface area contributed by atoms with Gasteiger partial charge in [0.1, 0.15) is 0 Å². The Bertz CT molecular complexity index is 327. The summed E-state index contributed by atoms with van der Waals surface area (Å²) in [5.74, 6) is 0. The second kappa shape index (κ2) is 2.74. The molecule has 0 atom stereocenters. The Morgan fingerprint density at radius 1 is 1.25 bits per heavy atom. The Kier molecular flexibility index (Phi) is 1.72. The number of fused-ring (bicyclic) bond motifs is 1. The summed E-state index contributed by atoms with van der Waals surface area (Å²) in [5.41, 5.74) is 5.14. The lowest BCUT2D eigenvalue weighted by Gasteiger charge is -2.03. The molecule has 1 heterocycles. The topological polar surface area (TPSA) is 12.4 Å². The van der Waals surface area contributed by atoms with Gasteiger partial charge in [-0.1, -0.05) is 19.9 Å². The number of allylic oxidation sites excluding steroid dienone is 4. The van der Waals surface area contributed by atoms with Crippen molar-refractivity contribution in [1.29, 1.82) is 0 Å². The molecule has 1 aliphatic carbocycles. The summed E-state index contributed by atoms with van der Waals surface area (Å²) in [6, 6.07) is 0. The molecule has 0 N–H and O–H groups in total. The van der Waals surface area contributed by atoms with Crippen molar-refractivity contribution in [3.8, 4) is 0 Å². The first-order valence-electron chi connectivity index (χ1n) is 4.48. The number of rotatable bonds is 2. The van der Waals surface area contributed by atoms with Crippen LogP contribution in [-0.4, -0.2) is 6.21 Å². The maximum Gasteiger partial charge on any atom is 0.0935 e. The Morgan fingerprint density at radius 3 is 2.75 bits per heavy atom. The van der Waals surface area contributed by atoms with Gasteiger partial charge in [-0.15, -0.1) is 0 Å². The molecule has 1 heteroatoms. The SMILES string of the molecule is CCC1=CC=C2N=[C]C(CC)=C12. The first-order chi connectivity index (χ1) is 5.86. The van der Waals surface area contributed by atoms with E-state index in [0.717, 1.165) is 18.5 Å². The predicted molar refractivity (Wildman–Crippen MR) is 51.2 cm³/mol. The van der Waals surface area contributed by atoms with Crippen LogP contribution >= 0.6 is 0 Å². The molecule has 0 saturated carbocycles. The lowest BCUT2D eigenvalue weighted by molar-refractivity contribution is 1.09. The Labute approximate surface area is 73.2 Å². The molecule has 1 nitrogen and oxygen atoms in total. The minimum atomic E-state index is 1.04. The maximum atomic E-state index is 4.23. The van der Waals surface area contributed by atoms with E-state index in [4.69, 9.17) is 0 Å². The van der Waals surface area contributed by atoms with Crippen molar-refractivity contribution in [3.63, 3.8) is 0 Å². The zero-order chi connectivity index (χ0) is 8.55. The van der Waals surface area contributed by atoms with Crippen molar-refractivity contribution < 1.29 is 0 Å². The highest BCUT2D eigenvalue weighted by Crippen LogP contribution is 2.35. The summed E-state index contributed by atoms with van der Waals surface area (Å²) in [5, 5.41) is 0. The first-order valence-corrected chi connectivity index (χ1v) is 4.48. The average molecular weight is 158 g/mol. The molecule has 0 saturated heterocycles. The summed E-state index contributed by atoms with van der Waals surface area (Å²) < 4.78 is 0. The molecule has 0 aromatic carbocycles. The minimum absolute atomic E-state index is 1.04. The lowest BCUT2D eigenvalue weighted by atomic mass is 10.0. The molecule has 2 aliphatic rings. The van der Waals surface area contributed by atoms with Gasteiger partial charge in [0.2, 0.25) is 0 Å². The molecule has 0 amide bonds. The predicted octanol–water partition coefficient (Wildman–Crippen LogP) is 2.89. The Morgan fingerprint density at radius 2 is 2.08 bits per heavy atom. The fourth-order valence-electron chi connectivity index (χ4n) is 1.69. The van der Waals surface area contributed by atoms with Crippen molar-refractivity contribution in [2.45, 2.75) is 26.7 Å². The molecule has 0 bridgehead atoms. The summed E-state index contributed by atoms with van der Waals surface area (Å²) in [6.45, 7) is 4.33. The molecule has 0 spiro atoms. The van der Waals surface area contributed by atoms with E-state index in [-0.39, 0.29) is 0 Å². The fraction of sp³-hybridized carbons (Fsp3) is 0.364. The van der Waals surface area contributed by atoms with Crippen LogP contribution in [0.4, 0.5) is 0 Å². The average Bonchev–Trinajstić information content (AvgIpc) is 2.62. The third-order valence-electron chi connectivity index (χ3n) is 2.37. The van der Waals surface area contributed by atoms with Crippen LogP contribution in [0.3, 0.4) is 0 Å². The molecule has 2 rings (SSSR count). The van der Waals surface area contributed by atoms with Gasteiger partial charge in [-0.05, 0) is 30.1 Å². The van der Waals surface area contributed by atoms with Crippen LogP contribution in [-0.2, 0) is 0 Å². The van der Waals surface area contributed by atoms with Crippen LogP contribution < -0.4 is 0 Å². The molecular weight excluding hydrogens is 146 g/mol. The quantitative estimate of drug-likeness (QED) is 0.586. The highest BCUT2D eigenvalue weighted by molar-refractivity contribution is 5.89. The standard InChI is InChI=1S/C11H12N/c1-3-8-5-6-10-11(8)9(4-2)7-12-10/h5-6H,3-4H2,1-2H3. The molecule has 0 unspecified atom stereocenters. The van der Waals surface area contributed by atoms with E-state index in [1.807, 2.05) is 0 Å². The van der Waals surface area contributed by atoms with Crippen molar-refractivity contribution in [1.82, 2.24) is 0 Å². The minimum Gasteiger partial charge on any atom is -0.246 e. The van der Waals surface area contributed by atoms with E-state index >= 15 is 0 Å². The van der Waals surface area contributed by atoms with Crippen LogP contribution in [0.1, 0.15) is 26.7 Å². The van der Waals surface area contributed by atoms with Crippen LogP contribution in [0.25, 0.3) is 0 Å². The largest absolute Gasteiger partial charge is 0.246 e. The Hall–Kier alpha value is -1.11. The van der Waals surface area contributed by atoms with Gasteiger partial charge in [-0.2, -0.15) is 0 Å². The number of aliphatic imine (C=N–C) groups is 1. The van der Waals surface area contributed by atoms with Crippen molar-refractivity contribution in [3.05, 3.63) is 34.6 Å². The van der Waals surface area contributed by atoms with Gasteiger partial charge in [-0.3, -0.25) is 0 Å². The Balaban J connectivity index is 2.43. The normalized spacial score (nSPS) is 19.8. The zero-order valence-corrected chi connectivity index (χ0v) is 7.52. The van der Waals surface area contributed by atoms with Gasteiger partial charge < -0.3 is 0 Å². The van der Waals surface area contributed by atoms with Gasteiger partial charge in [0, 0.05) is 5.57 Å². The van der Waals surface area contributed by atoms with Gasteiger partial charge in [0.25, 0.3) is 0 Å². The monoisotopic (exact) mass is 158 g/mol. The second-order valence-corrected chi connectivity index (χ2v) is 3.03. The van der Waals surface area contributed by atoms with Gasteiger partial charge in [0.15, 0.2) is 0 Å². The summed E-state index contributed by atoms with van der Waals surface area (Å²) in [4.78, 5) is 4.23. The molecule has 61 valence electrons. The zero-order valence-electron chi connectivity index (χ0n) is 7.52. The van der Waals surface area contributed by atoms with E-state index in [1.54, 1.807) is 0 Å². The van der Waals surface area contributed by atoms with Crippen molar-refractivity contribution in [2.24, 2.45) is 4.99 Å². The third-order valence-corrected chi connectivity index (χ3v) is 2.37. The highest BCUT2D eigenvalue weighted by Gasteiger charge is 2.20. The molecular formula is C11H12N. The molecule has 1 aliphatic heterocycles. The second-order valence-electron chi connectivity index (χ2n) is 3.03. The van der Waals surface area contributed by atoms with Gasteiger partial charge in [-0.25, -0.2) is 4.99 Å². The summed E-state index contributed by atoms with van der Waals surface area (Å²) >= 11 is 0. The van der Waals surface area contributed by atoms with E-state index < -0.39 is 0 Å². The van der Waals surface area contributed by atoms with Gasteiger partial charge in [0.05, 0.1) is 11.9 Å². The molecule has 12 heavy (non-hydrogen) atoms. The first kappa shape index (κ1) is 7.53. The van der Waals surface area contributed by atoms with E-state index in [0.29, 0.717) is 0 Å². The van der Waals surface area contributed by atoms with Crippen LogP contribution in [0.5, 0.6) is 0 Å². The molecule has 0 fully saturated rings. The van der Waals surface area contributed by atoms with Crippen molar-refractivity contribution >= 4 is 6.21 Å². The summed E-state index contributed by atoms with van der Waals surface area (Å²) in [7, 11) is 0. The van der Waals surface area contributed by atoms with E-state index in [2.05, 4.69) is 37.2 Å². The van der Waals surface area contributed by atoms with Gasteiger partial charge >= 0.3 is 0 Å². The lowest BCUT2D eigenvalue weighted by Crippen LogP contribution is -1.88. The van der Waals surface area contributed by atoms with Crippen LogP contribution in [0.15, 0.2) is 39.6 Å². The maximum absolute atomic E-state index is 4.23. The molecule has 1 radical (unpaired) electrons.